The fraction of sp³-hybridized carbons (Fsp3) is 0.100. The van der Waals surface area contributed by atoms with Crippen molar-refractivity contribution < 1.29 is 8.42 Å². The van der Waals surface area contributed by atoms with Gasteiger partial charge in [0.05, 0.1) is 15.5 Å². The fourth-order valence-electron chi connectivity index (χ4n) is 2.58. The molecule has 0 aliphatic heterocycles. The highest BCUT2D eigenvalue weighted by Gasteiger charge is 2.20. The van der Waals surface area contributed by atoms with Crippen molar-refractivity contribution in [2.24, 2.45) is 5.14 Å². The fourth-order valence-corrected chi connectivity index (χ4v) is 4.99. The van der Waals surface area contributed by atoms with E-state index >= 15 is 0 Å². The van der Waals surface area contributed by atoms with Crippen LogP contribution in [0.3, 0.4) is 0 Å². The summed E-state index contributed by atoms with van der Waals surface area (Å²) in [6.45, 7) is 0.582. The number of benzene rings is 3. The van der Waals surface area contributed by atoms with E-state index in [1.165, 1.54) is 11.8 Å². The Labute approximate surface area is 188 Å². The molecule has 0 radical (unpaired) electrons. The van der Waals surface area contributed by atoms with E-state index in [9.17, 15) is 8.42 Å². The number of hydrogen-bond donors (Lipinski definition) is 2. The maximum absolute atomic E-state index is 12.3. The second-order valence-electron chi connectivity index (χ2n) is 5.90. The van der Waals surface area contributed by atoms with Crippen LogP contribution >= 0.6 is 44.7 Å². The van der Waals surface area contributed by atoms with Gasteiger partial charge in [-0.1, -0.05) is 76.2 Å². The number of anilines is 1. The SMILES string of the molecule is Br.NS(=O)(=O)c1cc(CBr)cc(NCc2ccccc2)c1Sc1ccccc1. The van der Waals surface area contributed by atoms with Gasteiger partial charge in [0, 0.05) is 16.8 Å². The van der Waals surface area contributed by atoms with E-state index in [0.29, 0.717) is 16.8 Å². The first-order valence-corrected chi connectivity index (χ1v) is 11.7. The second-order valence-corrected chi connectivity index (χ2v) is 9.08. The highest BCUT2D eigenvalue weighted by Crippen LogP contribution is 2.39. The van der Waals surface area contributed by atoms with Crippen LogP contribution in [0.4, 0.5) is 5.69 Å². The number of nitrogens with one attached hydrogen (secondary N) is 1. The predicted octanol–water partition coefficient (Wildman–Crippen LogP) is 5.57. The summed E-state index contributed by atoms with van der Waals surface area (Å²) in [4.78, 5) is 1.67. The molecule has 0 amide bonds. The Morgan fingerprint density at radius 3 is 2.11 bits per heavy atom. The van der Waals surface area contributed by atoms with E-state index in [1.54, 1.807) is 6.07 Å². The zero-order valence-electron chi connectivity index (χ0n) is 14.8. The highest BCUT2D eigenvalue weighted by atomic mass is 79.9. The largest absolute Gasteiger partial charge is 0.380 e. The van der Waals surface area contributed by atoms with Gasteiger partial charge in [-0.05, 0) is 35.4 Å². The molecule has 0 aliphatic carbocycles. The van der Waals surface area contributed by atoms with Crippen molar-refractivity contribution in [3.63, 3.8) is 0 Å². The Balaban J connectivity index is 0.00000280. The number of halogens is 2. The minimum Gasteiger partial charge on any atom is -0.380 e. The van der Waals surface area contributed by atoms with Gasteiger partial charge in [-0.15, -0.1) is 17.0 Å². The van der Waals surface area contributed by atoms with E-state index in [1.807, 2.05) is 66.7 Å². The highest BCUT2D eigenvalue weighted by molar-refractivity contribution is 9.08. The van der Waals surface area contributed by atoms with Gasteiger partial charge in [-0.3, -0.25) is 0 Å². The van der Waals surface area contributed by atoms with Crippen LogP contribution in [0.1, 0.15) is 11.1 Å². The Morgan fingerprint density at radius 1 is 0.929 bits per heavy atom. The summed E-state index contributed by atoms with van der Waals surface area (Å²) in [5.74, 6) is 0. The molecule has 4 nitrogen and oxygen atoms in total. The Kier molecular flexibility index (Phi) is 8.57. The van der Waals surface area contributed by atoms with Crippen molar-refractivity contribution in [1.82, 2.24) is 0 Å². The standard InChI is InChI=1S/C20H19BrN2O2S2.BrH/c21-13-16-11-18(23-14-15-7-3-1-4-8-15)20(19(12-16)27(22,24)25)26-17-9-5-2-6-10-17;/h1-12,23H,13-14H2,(H2,22,24,25);1H. The lowest BCUT2D eigenvalue weighted by Crippen LogP contribution is -2.15. The van der Waals surface area contributed by atoms with E-state index in [4.69, 9.17) is 5.14 Å². The molecule has 8 heteroatoms. The molecule has 28 heavy (non-hydrogen) atoms. The minimum absolute atomic E-state index is 0. The average molecular weight is 544 g/mol. The minimum atomic E-state index is -3.87. The van der Waals surface area contributed by atoms with Crippen molar-refractivity contribution >= 4 is 60.4 Å². The van der Waals surface area contributed by atoms with Gasteiger partial charge in [-0.25, -0.2) is 13.6 Å². The number of alkyl halides is 1. The first-order chi connectivity index (χ1) is 13.0. The maximum atomic E-state index is 12.3. The summed E-state index contributed by atoms with van der Waals surface area (Å²) in [7, 11) is -3.87. The van der Waals surface area contributed by atoms with Crippen molar-refractivity contribution in [3.05, 3.63) is 83.9 Å². The normalized spacial score (nSPS) is 10.9. The van der Waals surface area contributed by atoms with Gasteiger partial charge in [0.1, 0.15) is 0 Å². The van der Waals surface area contributed by atoms with Crippen LogP contribution in [0.5, 0.6) is 0 Å². The van der Waals surface area contributed by atoms with Crippen molar-refractivity contribution in [1.29, 1.82) is 0 Å². The number of primary sulfonamides is 1. The van der Waals surface area contributed by atoms with Gasteiger partial charge in [-0.2, -0.15) is 0 Å². The Hall–Kier alpha value is -1.32. The van der Waals surface area contributed by atoms with Crippen LogP contribution in [-0.4, -0.2) is 8.42 Å². The quantitative estimate of drug-likeness (QED) is 0.382. The zero-order chi connectivity index (χ0) is 19.3. The average Bonchev–Trinajstić information content (AvgIpc) is 2.67. The predicted molar refractivity (Wildman–Crippen MR) is 125 cm³/mol. The molecule has 3 aromatic carbocycles. The smallest absolute Gasteiger partial charge is 0.239 e. The summed E-state index contributed by atoms with van der Waals surface area (Å²) in [5, 5.41) is 9.44. The topological polar surface area (TPSA) is 72.2 Å². The molecule has 0 saturated carbocycles. The lowest BCUT2D eigenvalue weighted by atomic mass is 10.2. The second kappa shape index (κ2) is 10.5. The van der Waals surface area contributed by atoms with Crippen molar-refractivity contribution in [2.75, 3.05) is 5.32 Å². The Morgan fingerprint density at radius 2 is 1.54 bits per heavy atom. The molecule has 3 N–H and O–H groups in total. The van der Waals surface area contributed by atoms with Gasteiger partial charge in [0.2, 0.25) is 10.0 Å². The lowest BCUT2D eigenvalue weighted by molar-refractivity contribution is 0.595. The number of rotatable bonds is 7. The molecular weight excluding hydrogens is 524 g/mol. The molecule has 0 fully saturated rings. The maximum Gasteiger partial charge on any atom is 0.239 e. The molecule has 0 heterocycles. The van der Waals surface area contributed by atoms with Crippen LogP contribution in [0.15, 0.2) is 87.5 Å². The summed E-state index contributed by atoms with van der Waals surface area (Å²) in [5.41, 5.74) is 2.69. The van der Waals surface area contributed by atoms with E-state index in [2.05, 4.69) is 21.2 Å². The summed E-state index contributed by atoms with van der Waals surface area (Å²) >= 11 is 4.79. The third-order valence-corrected chi connectivity index (χ3v) is 6.73. The summed E-state index contributed by atoms with van der Waals surface area (Å²) in [6.07, 6.45) is 0. The van der Waals surface area contributed by atoms with Crippen LogP contribution in [-0.2, 0) is 21.9 Å². The van der Waals surface area contributed by atoms with E-state index < -0.39 is 10.0 Å². The first-order valence-electron chi connectivity index (χ1n) is 8.24. The molecule has 0 aromatic heterocycles. The van der Waals surface area contributed by atoms with E-state index in [0.717, 1.165) is 21.7 Å². The lowest BCUT2D eigenvalue weighted by Gasteiger charge is -2.17. The molecule has 0 unspecified atom stereocenters. The molecular formula is C20H20Br2N2O2S2. The molecule has 0 bridgehead atoms. The monoisotopic (exact) mass is 542 g/mol. The van der Waals surface area contributed by atoms with Crippen LogP contribution < -0.4 is 10.5 Å². The molecule has 148 valence electrons. The molecule has 0 atom stereocenters. The third-order valence-electron chi connectivity index (χ3n) is 3.86. The number of sulfonamides is 1. The van der Waals surface area contributed by atoms with Crippen LogP contribution in [0.25, 0.3) is 0 Å². The summed E-state index contributed by atoms with van der Waals surface area (Å²) in [6, 6.07) is 23.2. The van der Waals surface area contributed by atoms with Gasteiger partial charge < -0.3 is 5.32 Å². The van der Waals surface area contributed by atoms with Crippen molar-refractivity contribution in [2.45, 2.75) is 26.6 Å². The summed E-state index contributed by atoms with van der Waals surface area (Å²) < 4.78 is 24.5. The van der Waals surface area contributed by atoms with Gasteiger partial charge in [0.15, 0.2) is 0 Å². The molecule has 3 rings (SSSR count). The molecule has 3 aromatic rings. The zero-order valence-corrected chi connectivity index (χ0v) is 19.8. The van der Waals surface area contributed by atoms with Crippen LogP contribution in [0.2, 0.25) is 0 Å². The van der Waals surface area contributed by atoms with Crippen molar-refractivity contribution in [3.8, 4) is 0 Å². The van der Waals surface area contributed by atoms with Crippen LogP contribution in [0, 0.1) is 0 Å². The molecule has 0 aliphatic rings. The molecule has 0 saturated heterocycles. The van der Waals surface area contributed by atoms with E-state index in [-0.39, 0.29) is 21.9 Å². The van der Waals surface area contributed by atoms with Gasteiger partial charge in [0.25, 0.3) is 0 Å². The Bertz CT molecular complexity index is 1020. The van der Waals surface area contributed by atoms with Gasteiger partial charge >= 0.3 is 0 Å². The first kappa shape index (κ1) is 23.0. The number of hydrogen-bond acceptors (Lipinski definition) is 4. The number of nitrogens with two attached hydrogens (primary N) is 1. The molecule has 0 spiro atoms. The third kappa shape index (κ3) is 6.09.